The van der Waals surface area contributed by atoms with E-state index in [4.69, 9.17) is 5.11 Å². The molecule has 0 bridgehead atoms. The highest BCUT2D eigenvalue weighted by Crippen LogP contribution is 2.27. The topological polar surface area (TPSA) is 136 Å². The Labute approximate surface area is 184 Å². The molecule has 0 radical (unpaired) electrons. The van der Waals surface area contributed by atoms with E-state index < -0.39 is 6.09 Å². The van der Waals surface area contributed by atoms with Crippen LogP contribution < -0.4 is 15.5 Å². The van der Waals surface area contributed by atoms with Crippen molar-refractivity contribution in [2.24, 2.45) is 0 Å². The van der Waals surface area contributed by atoms with Crippen molar-refractivity contribution in [2.75, 3.05) is 41.7 Å². The summed E-state index contributed by atoms with van der Waals surface area (Å²) in [6.07, 6.45) is 5.51. The third-order valence-electron chi connectivity index (χ3n) is 4.88. The Bertz CT molecular complexity index is 1120. The van der Waals surface area contributed by atoms with E-state index in [1.165, 1.54) is 11.8 Å². The van der Waals surface area contributed by atoms with Crippen molar-refractivity contribution in [3.8, 4) is 11.3 Å². The van der Waals surface area contributed by atoms with Gasteiger partial charge in [-0.05, 0) is 18.2 Å². The van der Waals surface area contributed by atoms with Crippen molar-refractivity contribution in [3.05, 3.63) is 49.1 Å². The third-order valence-corrected chi connectivity index (χ3v) is 4.88. The van der Waals surface area contributed by atoms with Crippen LogP contribution in [0.3, 0.4) is 0 Å². The smallest absolute Gasteiger partial charge is 0.407 e. The van der Waals surface area contributed by atoms with E-state index in [9.17, 15) is 9.59 Å². The summed E-state index contributed by atoms with van der Waals surface area (Å²) < 4.78 is 0. The van der Waals surface area contributed by atoms with Crippen LogP contribution in [-0.4, -0.2) is 68.1 Å². The zero-order valence-electron chi connectivity index (χ0n) is 17.4. The molecule has 11 nitrogen and oxygen atoms in total. The van der Waals surface area contributed by atoms with Gasteiger partial charge in [-0.15, -0.1) is 0 Å². The van der Waals surface area contributed by atoms with Crippen LogP contribution in [0.15, 0.2) is 49.1 Å². The lowest BCUT2D eigenvalue weighted by Crippen LogP contribution is -2.48. The molecule has 164 valence electrons. The van der Waals surface area contributed by atoms with Crippen LogP contribution in [0, 0.1) is 0 Å². The van der Waals surface area contributed by atoms with Gasteiger partial charge in [0.05, 0.1) is 11.9 Å². The number of rotatable bonds is 5. The summed E-state index contributed by atoms with van der Waals surface area (Å²) in [7, 11) is 0. The molecule has 1 aliphatic heterocycles. The molecule has 1 fully saturated rings. The molecule has 0 aliphatic carbocycles. The SMILES string of the molecule is CC(=O)Nc1cc(Nc2cnccn2)nc(-c2ccnc(N3CCN(C(=O)O)CC3)c2)c1. The van der Waals surface area contributed by atoms with Crippen LogP contribution >= 0.6 is 0 Å². The average Bonchev–Trinajstić information content (AvgIpc) is 2.79. The first kappa shape index (κ1) is 21.0. The summed E-state index contributed by atoms with van der Waals surface area (Å²) in [4.78, 5) is 43.6. The number of carbonyl (C=O) groups is 2. The Morgan fingerprint density at radius 2 is 1.81 bits per heavy atom. The van der Waals surface area contributed by atoms with Crippen LogP contribution in [-0.2, 0) is 4.79 Å². The molecule has 0 atom stereocenters. The van der Waals surface area contributed by atoms with E-state index in [1.54, 1.807) is 36.9 Å². The molecule has 0 saturated carbocycles. The van der Waals surface area contributed by atoms with E-state index in [-0.39, 0.29) is 5.91 Å². The number of pyridine rings is 2. The molecular formula is C21H22N8O3. The van der Waals surface area contributed by atoms with E-state index in [1.807, 2.05) is 17.0 Å². The molecular weight excluding hydrogens is 412 g/mol. The molecule has 11 heteroatoms. The molecule has 1 saturated heterocycles. The number of hydrogen-bond donors (Lipinski definition) is 3. The molecule has 0 aromatic carbocycles. The van der Waals surface area contributed by atoms with Crippen LogP contribution in [0.2, 0.25) is 0 Å². The molecule has 4 heterocycles. The number of amides is 2. The zero-order valence-corrected chi connectivity index (χ0v) is 17.4. The van der Waals surface area contributed by atoms with Gasteiger partial charge in [0.15, 0.2) is 0 Å². The molecule has 3 aromatic heterocycles. The van der Waals surface area contributed by atoms with Gasteiger partial charge in [0.1, 0.15) is 17.5 Å². The van der Waals surface area contributed by atoms with Gasteiger partial charge in [-0.1, -0.05) is 0 Å². The van der Waals surface area contributed by atoms with Gasteiger partial charge >= 0.3 is 6.09 Å². The maximum absolute atomic E-state index is 11.6. The van der Waals surface area contributed by atoms with Crippen molar-refractivity contribution in [1.82, 2.24) is 24.8 Å². The maximum Gasteiger partial charge on any atom is 0.407 e. The summed E-state index contributed by atoms with van der Waals surface area (Å²) in [6.45, 7) is 3.40. The Hall–Kier alpha value is -4.28. The minimum Gasteiger partial charge on any atom is -0.465 e. The number of carbonyl (C=O) groups excluding carboxylic acids is 1. The van der Waals surface area contributed by atoms with Gasteiger partial charge in [-0.2, -0.15) is 0 Å². The Morgan fingerprint density at radius 3 is 2.50 bits per heavy atom. The van der Waals surface area contributed by atoms with Crippen LogP contribution in [0.1, 0.15) is 6.92 Å². The first-order valence-corrected chi connectivity index (χ1v) is 10.00. The summed E-state index contributed by atoms with van der Waals surface area (Å²) in [6, 6.07) is 7.24. The van der Waals surface area contributed by atoms with E-state index in [0.717, 1.165) is 11.4 Å². The lowest BCUT2D eigenvalue weighted by atomic mass is 10.1. The number of aromatic nitrogens is 4. The van der Waals surface area contributed by atoms with E-state index in [0.29, 0.717) is 49.2 Å². The summed E-state index contributed by atoms with van der Waals surface area (Å²) in [5.74, 6) is 1.57. The highest BCUT2D eigenvalue weighted by atomic mass is 16.4. The monoisotopic (exact) mass is 434 g/mol. The first-order valence-electron chi connectivity index (χ1n) is 10.00. The molecule has 3 aromatic rings. The van der Waals surface area contributed by atoms with Gasteiger partial charge in [0, 0.05) is 69.0 Å². The second kappa shape index (κ2) is 9.25. The fraction of sp³-hybridized carbons (Fsp3) is 0.238. The molecule has 0 spiro atoms. The Kier molecular flexibility index (Phi) is 6.06. The van der Waals surface area contributed by atoms with Gasteiger partial charge in [-0.25, -0.2) is 19.7 Å². The predicted octanol–water partition coefficient (Wildman–Crippen LogP) is 2.44. The third kappa shape index (κ3) is 5.06. The Balaban J connectivity index is 1.62. The summed E-state index contributed by atoms with van der Waals surface area (Å²) in [5, 5.41) is 15.0. The van der Waals surface area contributed by atoms with Gasteiger partial charge < -0.3 is 25.5 Å². The summed E-state index contributed by atoms with van der Waals surface area (Å²) >= 11 is 0. The van der Waals surface area contributed by atoms with Crippen LogP contribution in [0.4, 0.5) is 27.9 Å². The highest BCUT2D eigenvalue weighted by molar-refractivity contribution is 5.90. The second-order valence-corrected chi connectivity index (χ2v) is 7.18. The van der Waals surface area contributed by atoms with Crippen LogP contribution in [0.5, 0.6) is 0 Å². The van der Waals surface area contributed by atoms with Crippen molar-refractivity contribution < 1.29 is 14.7 Å². The lowest BCUT2D eigenvalue weighted by molar-refractivity contribution is -0.114. The van der Waals surface area contributed by atoms with Gasteiger partial charge in [0.25, 0.3) is 0 Å². The second-order valence-electron chi connectivity index (χ2n) is 7.18. The van der Waals surface area contributed by atoms with Crippen LogP contribution in [0.25, 0.3) is 11.3 Å². The quantitative estimate of drug-likeness (QED) is 0.553. The van der Waals surface area contributed by atoms with Crippen molar-refractivity contribution in [2.45, 2.75) is 6.92 Å². The largest absolute Gasteiger partial charge is 0.465 e. The number of hydrogen-bond acceptors (Lipinski definition) is 8. The minimum absolute atomic E-state index is 0.195. The number of carboxylic acid groups (broad SMARTS) is 1. The van der Waals surface area contributed by atoms with Crippen molar-refractivity contribution in [1.29, 1.82) is 0 Å². The highest BCUT2D eigenvalue weighted by Gasteiger charge is 2.21. The van der Waals surface area contributed by atoms with E-state index in [2.05, 4.69) is 30.6 Å². The maximum atomic E-state index is 11.6. The molecule has 4 rings (SSSR count). The standard InChI is InChI=1S/C21H22N8O3/c1-14(30)25-16-11-17(26-18(12-16)27-19-13-22-4-5-23-19)15-2-3-24-20(10-15)28-6-8-29(9-7-28)21(31)32/h2-5,10-13H,6-9H2,1H3,(H,31,32)(H2,23,25,26,27,30). The van der Waals surface area contributed by atoms with Gasteiger partial charge in [0.2, 0.25) is 5.91 Å². The fourth-order valence-electron chi connectivity index (χ4n) is 3.39. The first-order chi connectivity index (χ1) is 15.5. The minimum atomic E-state index is -0.909. The number of nitrogens with one attached hydrogen (secondary N) is 2. The molecule has 32 heavy (non-hydrogen) atoms. The molecule has 1 aliphatic rings. The van der Waals surface area contributed by atoms with Gasteiger partial charge in [-0.3, -0.25) is 9.78 Å². The fourth-order valence-corrected chi connectivity index (χ4v) is 3.39. The number of nitrogens with zero attached hydrogens (tertiary/aromatic N) is 6. The number of piperazine rings is 1. The van der Waals surface area contributed by atoms with E-state index >= 15 is 0 Å². The number of anilines is 4. The molecule has 2 amide bonds. The average molecular weight is 434 g/mol. The summed E-state index contributed by atoms with van der Waals surface area (Å²) in [5.41, 5.74) is 2.03. The molecule has 0 unspecified atom stereocenters. The lowest BCUT2D eigenvalue weighted by Gasteiger charge is -2.33. The predicted molar refractivity (Wildman–Crippen MR) is 119 cm³/mol. The Morgan fingerprint density at radius 1 is 1.00 bits per heavy atom. The molecule has 3 N–H and O–H groups in total. The zero-order chi connectivity index (χ0) is 22.5. The van der Waals surface area contributed by atoms with Crippen molar-refractivity contribution >= 4 is 35.1 Å². The van der Waals surface area contributed by atoms with Crippen molar-refractivity contribution in [3.63, 3.8) is 0 Å². The normalized spacial score (nSPS) is 13.5.